The summed E-state index contributed by atoms with van der Waals surface area (Å²) in [4.78, 5) is 22.0. The van der Waals surface area contributed by atoms with Crippen LogP contribution in [0.25, 0.3) is 0 Å². The van der Waals surface area contributed by atoms with Gasteiger partial charge in [0.15, 0.2) is 0 Å². The van der Waals surface area contributed by atoms with E-state index < -0.39 is 11.9 Å². The summed E-state index contributed by atoms with van der Waals surface area (Å²) in [7, 11) is 0. The Morgan fingerprint density at radius 2 is 1.12 bits per heavy atom. The Hall–Kier alpha value is -3.06. The minimum absolute atomic E-state index is 0.0466. The van der Waals surface area contributed by atoms with Crippen molar-refractivity contribution >= 4 is 11.9 Å². The molecule has 4 nitrogen and oxygen atoms in total. The Bertz CT molecular complexity index is 788. The van der Waals surface area contributed by atoms with E-state index in [9.17, 15) is 9.59 Å². The van der Waals surface area contributed by atoms with E-state index in [0.29, 0.717) is 0 Å². The number of carboxylic acid groups (broad SMARTS) is 2. The van der Waals surface area contributed by atoms with Crippen LogP contribution in [0, 0.1) is 11.8 Å². The highest BCUT2D eigenvalue weighted by Gasteiger charge is 2.14. The first kappa shape index (κ1) is 19.3. The van der Waals surface area contributed by atoms with Crippen molar-refractivity contribution in [3.05, 3.63) is 70.8 Å². The lowest BCUT2D eigenvalue weighted by molar-refractivity contribution is -0.138. The van der Waals surface area contributed by atoms with Gasteiger partial charge in [-0.1, -0.05) is 62.1 Å². The smallest absolute Gasteiger partial charge is 0.303 e. The summed E-state index contributed by atoms with van der Waals surface area (Å²) >= 11 is 0. The van der Waals surface area contributed by atoms with Gasteiger partial charge in [-0.25, -0.2) is 0 Å². The molecule has 0 heterocycles. The zero-order valence-corrected chi connectivity index (χ0v) is 14.9. The molecule has 0 aliphatic heterocycles. The van der Waals surface area contributed by atoms with Gasteiger partial charge >= 0.3 is 11.9 Å². The van der Waals surface area contributed by atoms with Gasteiger partial charge in [-0.3, -0.25) is 9.59 Å². The van der Waals surface area contributed by atoms with E-state index in [1.54, 1.807) is 0 Å². The number of benzene rings is 2. The number of rotatable bonds is 6. The largest absolute Gasteiger partial charge is 0.481 e. The summed E-state index contributed by atoms with van der Waals surface area (Å²) in [5, 5.41) is 18.1. The van der Waals surface area contributed by atoms with Crippen LogP contribution in [0.2, 0.25) is 0 Å². The summed E-state index contributed by atoms with van der Waals surface area (Å²) in [5.41, 5.74) is 3.39. The highest BCUT2D eigenvalue weighted by Crippen LogP contribution is 2.24. The van der Waals surface area contributed by atoms with E-state index in [1.165, 1.54) is 0 Å². The number of hydrogen-bond acceptors (Lipinski definition) is 2. The van der Waals surface area contributed by atoms with E-state index >= 15 is 0 Å². The molecular formula is C22H22O4. The molecule has 0 aromatic heterocycles. The molecule has 0 radical (unpaired) electrons. The second-order valence-corrected chi connectivity index (χ2v) is 6.42. The van der Waals surface area contributed by atoms with E-state index in [1.807, 2.05) is 62.4 Å². The molecular weight excluding hydrogens is 328 g/mol. The molecule has 134 valence electrons. The number of hydrogen-bond donors (Lipinski definition) is 2. The van der Waals surface area contributed by atoms with Crippen molar-refractivity contribution in [3.63, 3.8) is 0 Å². The van der Waals surface area contributed by atoms with Crippen molar-refractivity contribution in [3.8, 4) is 11.8 Å². The molecule has 0 bridgehead atoms. The van der Waals surface area contributed by atoms with Gasteiger partial charge in [0.05, 0.1) is 12.8 Å². The molecule has 0 amide bonds. The molecule has 2 aromatic rings. The average Bonchev–Trinajstić information content (AvgIpc) is 2.59. The van der Waals surface area contributed by atoms with Crippen LogP contribution in [0.3, 0.4) is 0 Å². The van der Waals surface area contributed by atoms with Crippen molar-refractivity contribution < 1.29 is 19.8 Å². The highest BCUT2D eigenvalue weighted by atomic mass is 16.4. The summed E-state index contributed by atoms with van der Waals surface area (Å²) in [5.74, 6) is 4.33. The van der Waals surface area contributed by atoms with Crippen molar-refractivity contribution in [1.29, 1.82) is 0 Å². The molecule has 0 fully saturated rings. The maximum absolute atomic E-state index is 11.0. The van der Waals surface area contributed by atoms with Gasteiger partial charge in [-0.2, -0.15) is 0 Å². The lowest BCUT2D eigenvalue weighted by Gasteiger charge is -2.12. The minimum Gasteiger partial charge on any atom is -0.481 e. The fraction of sp³-hybridized carbons (Fsp3) is 0.273. The predicted molar refractivity (Wildman–Crippen MR) is 100 cm³/mol. The molecule has 2 atom stereocenters. The van der Waals surface area contributed by atoms with Crippen LogP contribution in [0.5, 0.6) is 0 Å². The summed E-state index contributed by atoms with van der Waals surface area (Å²) < 4.78 is 0. The molecule has 0 aliphatic carbocycles. The van der Waals surface area contributed by atoms with Gasteiger partial charge in [-0.05, 0) is 35.1 Å². The van der Waals surface area contributed by atoms with Gasteiger partial charge in [0, 0.05) is 11.1 Å². The van der Waals surface area contributed by atoms with Crippen molar-refractivity contribution in [2.24, 2.45) is 0 Å². The fourth-order valence-electron chi connectivity index (χ4n) is 2.96. The third-order valence-corrected chi connectivity index (χ3v) is 4.28. The van der Waals surface area contributed by atoms with Crippen molar-refractivity contribution in [2.45, 2.75) is 38.5 Å². The molecule has 0 aliphatic rings. The molecule has 0 saturated carbocycles. The Kier molecular flexibility index (Phi) is 6.57. The molecule has 2 unspecified atom stereocenters. The SMILES string of the molecule is CC(CC(=O)O)c1ccccc1C#Cc1ccccc1C(C)CC(=O)O. The monoisotopic (exact) mass is 350 g/mol. The minimum atomic E-state index is -0.840. The Morgan fingerprint density at radius 3 is 1.46 bits per heavy atom. The molecule has 2 N–H and O–H groups in total. The quantitative estimate of drug-likeness (QED) is 0.764. The zero-order valence-electron chi connectivity index (χ0n) is 14.9. The Labute approximate surface area is 153 Å². The summed E-state index contributed by atoms with van der Waals surface area (Å²) in [6.07, 6.45) is 0.0931. The molecule has 2 aromatic carbocycles. The number of carboxylic acids is 2. The van der Waals surface area contributed by atoms with Crippen LogP contribution in [-0.4, -0.2) is 22.2 Å². The average molecular weight is 350 g/mol. The van der Waals surface area contributed by atoms with Gasteiger partial charge in [0.25, 0.3) is 0 Å². The van der Waals surface area contributed by atoms with E-state index in [0.717, 1.165) is 22.3 Å². The standard InChI is InChI=1S/C22H22O4/c1-15(13-21(23)24)19-9-5-3-7-17(19)11-12-18-8-4-6-10-20(18)16(2)14-22(25)26/h3-10,15-16H,13-14H2,1-2H3,(H,23,24)(H,25,26). The van der Waals surface area contributed by atoms with Gasteiger partial charge < -0.3 is 10.2 Å². The van der Waals surface area contributed by atoms with Gasteiger partial charge in [0.1, 0.15) is 0 Å². The lowest BCUT2D eigenvalue weighted by atomic mass is 9.91. The highest BCUT2D eigenvalue weighted by molar-refractivity contribution is 5.69. The zero-order chi connectivity index (χ0) is 19.1. The first-order valence-electron chi connectivity index (χ1n) is 8.52. The van der Waals surface area contributed by atoms with Crippen LogP contribution in [0.15, 0.2) is 48.5 Å². The molecule has 0 spiro atoms. The lowest BCUT2D eigenvalue weighted by Crippen LogP contribution is -2.05. The van der Waals surface area contributed by atoms with E-state index in [2.05, 4.69) is 11.8 Å². The van der Waals surface area contributed by atoms with Crippen LogP contribution >= 0.6 is 0 Å². The Morgan fingerprint density at radius 1 is 0.769 bits per heavy atom. The van der Waals surface area contributed by atoms with Crippen molar-refractivity contribution in [1.82, 2.24) is 0 Å². The first-order valence-corrected chi connectivity index (χ1v) is 8.52. The summed E-state index contributed by atoms with van der Waals surface area (Å²) in [6.45, 7) is 3.75. The van der Waals surface area contributed by atoms with Gasteiger partial charge in [0.2, 0.25) is 0 Å². The van der Waals surface area contributed by atoms with E-state index in [4.69, 9.17) is 10.2 Å². The fourth-order valence-corrected chi connectivity index (χ4v) is 2.96. The normalized spacial score (nSPS) is 12.5. The molecule has 4 heteroatoms. The van der Waals surface area contributed by atoms with Crippen LogP contribution in [-0.2, 0) is 9.59 Å². The third-order valence-electron chi connectivity index (χ3n) is 4.28. The molecule has 26 heavy (non-hydrogen) atoms. The molecule has 0 saturated heterocycles. The van der Waals surface area contributed by atoms with Crippen molar-refractivity contribution in [2.75, 3.05) is 0 Å². The molecule has 2 rings (SSSR count). The maximum atomic E-state index is 11.0. The second-order valence-electron chi connectivity index (χ2n) is 6.42. The first-order chi connectivity index (χ1) is 12.4. The predicted octanol–water partition coefficient (Wildman–Crippen LogP) is 4.24. The van der Waals surface area contributed by atoms with Crippen LogP contribution in [0.1, 0.15) is 60.8 Å². The van der Waals surface area contributed by atoms with Gasteiger partial charge in [-0.15, -0.1) is 0 Å². The third kappa shape index (κ3) is 5.22. The topological polar surface area (TPSA) is 74.6 Å². The maximum Gasteiger partial charge on any atom is 0.303 e. The van der Waals surface area contributed by atoms with E-state index in [-0.39, 0.29) is 24.7 Å². The second kappa shape index (κ2) is 8.87. The Balaban J connectivity index is 2.36. The number of carbonyl (C=O) groups is 2. The number of aliphatic carboxylic acids is 2. The van der Waals surface area contributed by atoms with Crippen LogP contribution < -0.4 is 0 Å². The summed E-state index contributed by atoms with van der Waals surface area (Å²) in [6, 6.07) is 15.1. The van der Waals surface area contributed by atoms with Crippen LogP contribution in [0.4, 0.5) is 0 Å².